The van der Waals surface area contributed by atoms with Gasteiger partial charge in [-0.3, -0.25) is 0 Å². The lowest BCUT2D eigenvalue weighted by atomic mass is 9.74. The number of piperidine rings is 1. The molecule has 1 atom stereocenters. The number of hydrogen-bond acceptors (Lipinski definition) is 6. The third kappa shape index (κ3) is 5.70. The first-order chi connectivity index (χ1) is 17.1. The van der Waals surface area contributed by atoms with E-state index < -0.39 is 0 Å². The molecular formula is C27H38N6OS. The molecule has 7 nitrogen and oxygen atoms in total. The van der Waals surface area contributed by atoms with E-state index in [1.54, 1.807) is 0 Å². The fourth-order valence-electron chi connectivity index (χ4n) is 5.69. The predicted octanol–water partition coefficient (Wildman–Crippen LogP) is 4.49. The fourth-order valence-corrected chi connectivity index (χ4v) is 5.85. The summed E-state index contributed by atoms with van der Waals surface area (Å²) in [5.74, 6) is 2.59. The third-order valence-corrected chi connectivity index (χ3v) is 8.12. The number of nitrogens with one attached hydrogen (secondary N) is 2. The summed E-state index contributed by atoms with van der Waals surface area (Å²) in [4.78, 5) is 14.6. The van der Waals surface area contributed by atoms with Crippen LogP contribution in [0.2, 0.25) is 0 Å². The van der Waals surface area contributed by atoms with Gasteiger partial charge in [0.1, 0.15) is 11.6 Å². The molecule has 0 spiro atoms. The zero-order chi connectivity index (χ0) is 24.1. The van der Waals surface area contributed by atoms with Gasteiger partial charge in [0, 0.05) is 56.9 Å². The first-order valence-electron chi connectivity index (χ1n) is 13.2. The number of ether oxygens (including phenoxy) is 1. The van der Waals surface area contributed by atoms with Crippen molar-refractivity contribution in [3.63, 3.8) is 0 Å². The molecule has 0 aliphatic carbocycles. The first-order valence-corrected chi connectivity index (χ1v) is 13.6. The van der Waals surface area contributed by atoms with Gasteiger partial charge in [0.2, 0.25) is 5.95 Å². The Morgan fingerprint density at radius 1 is 1.03 bits per heavy atom. The Kier molecular flexibility index (Phi) is 7.68. The summed E-state index contributed by atoms with van der Waals surface area (Å²) in [5, 5.41) is 7.39. The minimum Gasteiger partial charge on any atom is -0.381 e. The number of nitrogens with zero attached hydrogens (tertiary/aromatic N) is 4. The molecule has 3 saturated heterocycles. The van der Waals surface area contributed by atoms with Crippen LogP contribution in [0, 0.1) is 0 Å². The van der Waals surface area contributed by atoms with E-state index in [0.717, 1.165) is 63.9 Å². The van der Waals surface area contributed by atoms with Crippen LogP contribution in [0.25, 0.3) is 0 Å². The van der Waals surface area contributed by atoms with E-state index in [1.165, 1.54) is 37.7 Å². The highest BCUT2D eigenvalue weighted by molar-refractivity contribution is 7.80. The Morgan fingerprint density at radius 3 is 2.49 bits per heavy atom. The second-order valence-electron chi connectivity index (χ2n) is 10.2. The van der Waals surface area contributed by atoms with Crippen molar-refractivity contribution < 1.29 is 4.74 Å². The lowest BCUT2D eigenvalue weighted by Gasteiger charge is -2.38. The zero-order valence-corrected chi connectivity index (χ0v) is 21.7. The second kappa shape index (κ2) is 11.1. The summed E-state index contributed by atoms with van der Waals surface area (Å²) in [6.07, 6.45) is 8.09. The molecule has 188 valence electrons. The number of hydrogen-bond donors (Lipinski definition) is 2. The first kappa shape index (κ1) is 24.3. The average Bonchev–Trinajstić information content (AvgIpc) is 3.44. The quantitative estimate of drug-likeness (QED) is 0.570. The van der Waals surface area contributed by atoms with Gasteiger partial charge in [-0.25, -0.2) is 0 Å². The van der Waals surface area contributed by atoms with Gasteiger partial charge in [-0.15, -0.1) is 0 Å². The van der Waals surface area contributed by atoms with E-state index in [-0.39, 0.29) is 5.41 Å². The number of rotatable bonds is 6. The molecule has 0 saturated carbocycles. The summed E-state index contributed by atoms with van der Waals surface area (Å²) in [7, 11) is 0. The van der Waals surface area contributed by atoms with Gasteiger partial charge in [0.25, 0.3) is 0 Å². The van der Waals surface area contributed by atoms with Crippen LogP contribution in [0.4, 0.5) is 17.6 Å². The van der Waals surface area contributed by atoms with E-state index in [4.69, 9.17) is 26.9 Å². The average molecular weight is 495 g/mol. The molecule has 3 aliphatic rings. The summed E-state index contributed by atoms with van der Waals surface area (Å²) in [5.41, 5.74) is 1.35. The van der Waals surface area contributed by atoms with Crippen molar-refractivity contribution in [2.45, 2.75) is 63.3 Å². The molecule has 0 radical (unpaired) electrons. The number of benzene rings is 1. The molecule has 1 aromatic heterocycles. The highest BCUT2D eigenvalue weighted by Gasteiger charge is 2.34. The van der Waals surface area contributed by atoms with Crippen LogP contribution in [0.3, 0.4) is 0 Å². The van der Waals surface area contributed by atoms with Gasteiger partial charge >= 0.3 is 0 Å². The van der Waals surface area contributed by atoms with Crippen molar-refractivity contribution in [3.05, 3.63) is 42.0 Å². The van der Waals surface area contributed by atoms with Gasteiger partial charge in [0.15, 0.2) is 5.11 Å². The third-order valence-electron chi connectivity index (χ3n) is 7.88. The van der Waals surface area contributed by atoms with Crippen LogP contribution < -0.4 is 20.4 Å². The minimum absolute atomic E-state index is 0.0118. The fraction of sp³-hybridized carbons (Fsp3) is 0.593. The maximum Gasteiger partial charge on any atom is 0.232 e. The Bertz CT molecular complexity index is 990. The molecule has 8 heteroatoms. The van der Waals surface area contributed by atoms with E-state index in [1.807, 2.05) is 0 Å². The topological polar surface area (TPSA) is 65.5 Å². The lowest BCUT2D eigenvalue weighted by Crippen LogP contribution is -2.45. The van der Waals surface area contributed by atoms with E-state index in [2.05, 4.69) is 63.8 Å². The van der Waals surface area contributed by atoms with Crippen LogP contribution >= 0.6 is 12.2 Å². The SMILES string of the molecule is CC1CCCCN1c1cc(N2CCCC2)nc(NC(=S)NCC2(c3ccccc3)CCOCC2)n1. The second-order valence-corrected chi connectivity index (χ2v) is 10.6. The normalized spacial score (nSPS) is 22.1. The van der Waals surface area contributed by atoms with Gasteiger partial charge in [-0.2, -0.15) is 9.97 Å². The van der Waals surface area contributed by atoms with Crippen molar-refractivity contribution in [2.75, 3.05) is 54.5 Å². The van der Waals surface area contributed by atoms with Crippen molar-refractivity contribution in [3.8, 4) is 0 Å². The van der Waals surface area contributed by atoms with Crippen LogP contribution in [-0.2, 0) is 10.2 Å². The predicted molar refractivity (Wildman–Crippen MR) is 147 cm³/mol. The molecule has 2 N–H and O–H groups in total. The molecule has 4 heterocycles. The monoisotopic (exact) mass is 494 g/mol. The molecule has 0 bridgehead atoms. The molecule has 1 unspecified atom stereocenters. The van der Waals surface area contributed by atoms with Gasteiger partial charge in [0.05, 0.1) is 0 Å². The van der Waals surface area contributed by atoms with E-state index >= 15 is 0 Å². The van der Waals surface area contributed by atoms with Crippen LogP contribution in [0.15, 0.2) is 36.4 Å². The summed E-state index contributed by atoms with van der Waals surface area (Å²) < 4.78 is 5.68. The van der Waals surface area contributed by atoms with Gasteiger partial charge < -0.3 is 25.2 Å². The Balaban J connectivity index is 1.32. The smallest absolute Gasteiger partial charge is 0.232 e. The molecule has 1 aromatic carbocycles. The molecule has 3 aliphatic heterocycles. The molecule has 2 aromatic rings. The molecule has 3 fully saturated rings. The number of aromatic nitrogens is 2. The largest absolute Gasteiger partial charge is 0.381 e. The zero-order valence-electron chi connectivity index (χ0n) is 20.8. The summed E-state index contributed by atoms with van der Waals surface area (Å²) in [6, 6.07) is 13.4. The minimum atomic E-state index is 0.0118. The summed E-state index contributed by atoms with van der Waals surface area (Å²) >= 11 is 5.74. The number of anilines is 3. The van der Waals surface area contributed by atoms with Crippen molar-refractivity contribution in [1.82, 2.24) is 15.3 Å². The van der Waals surface area contributed by atoms with E-state index in [9.17, 15) is 0 Å². The van der Waals surface area contributed by atoms with Crippen molar-refractivity contribution in [2.24, 2.45) is 0 Å². The molecule has 0 amide bonds. The van der Waals surface area contributed by atoms with Gasteiger partial charge in [-0.05, 0) is 69.7 Å². The molecule has 5 rings (SSSR count). The Morgan fingerprint density at radius 2 is 1.74 bits per heavy atom. The Hall–Kier alpha value is -2.45. The maximum atomic E-state index is 5.74. The molecular weight excluding hydrogens is 456 g/mol. The van der Waals surface area contributed by atoms with Crippen LogP contribution in [0.5, 0.6) is 0 Å². The summed E-state index contributed by atoms with van der Waals surface area (Å²) in [6.45, 7) is 7.75. The van der Waals surface area contributed by atoms with Crippen molar-refractivity contribution >= 4 is 34.9 Å². The lowest BCUT2D eigenvalue weighted by molar-refractivity contribution is 0.0515. The van der Waals surface area contributed by atoms with E-state index in [0.29, 0.717) is 17.1 Å². The van der Waals surface area contributed by atoms with Crippen molar-refractivity contribution in [1.29, 1.82) is 0 Å². The standard InChI is InChI=1S/C27H38N6OS/c1-21-9-5-6-16-33(21)24-19-23(32-14-7-8-15-32)29-25(30-24)31-26(35)28-20-27(12-17-34-18-13-27)22-10-3-2-4-11-22/h2-4,10-11,19,21H,5-9,12-18,20H2,1H3,(H2,28,29,30,31,35). The molecule has 35 heavy (non-hydrogen) atoms. The Labute approximate surface area is 214 Å². The highest BCUT2D eigenvalue weighted by Crippen LogP contribution is 2.34. The number of thiocarbonyl (C=S) groups is 1. The maximum absolute atomic E-state index is 5.74. The van der Waals surface area contributed by atoms with Crippen LogP contribution in [0.1, 0.15) is 57.4 Å². The highest BCUT2D eigenvalue weighted by atomic mass is 32.1. The van der Waals surface area contributed by atoms with Gasteiger partial charge in [-0.1, -0.05) is 30.3 Å². The van der Waals surface area contributed by atoms with Crippen LogP contribution in [-0.4, -0.2) is 60.5 Å².